The van der Waals surface area contributed by atoms with Crippen LogP contribution in [0.25, 0.3) is 17.0 Å². The average Bonchev–Trinajstić information content (AvgIpc) is 3.54. The second-order valence-electron chi connectivity index (χ2n) is 11.0. The van der Waals surface area contributed by atoms with Gasteiger partial charge >= 0.3 is 0 Å². The van der Waals surface area contributed by atoms with E-state index in [0.29, 0.717) is 5.57 Å². The van der Waals surface area contributed by atoms with Crippen LogP contribution < -0.4 is 5.32 Å². The van der Waals surface area contributed by atoms with Crippen LogP contribution in [-0.4, -0.2) is 23.0 Å². The van der Waals surface area contributed by atoms with Crippen molar-refractivity contribution in [1.82, 2.24) is 9.88 Å². The van der Waals surface area contributed by atoms with Gasteiger partial charge in [0.05, 0.1) is 11.3 Å². The Labute approximate surface area is 279 Å². The molecule has 244 valence electrons. The summed E-state index contributed by atoms with van der Waals surface area (Å²) in [5.41, 5.74) is 8.83. The van der Waals surface area contributed by atoms with E-state index in [1.807, 2.05) is 80.7 Å². The molecule has 0 radical (unpaired) electrons. The fourth-order valence-electron chi connectivity index (χ4n) is 4.72. The average molecular weight is 617 g/mol. The Morgan fingerprint density at radius 1 is 0.978 bits per heavy atom. The third-order valence-electron chi connectivity index (χ3n) is 6.92. The molecular weight excluding hydrogens is 560 g/mol. The summed E-state index contributed by atoms with van der Waals surface area (Å²) in [6.45, 7) is 27.1. The first-order chi connectivity index (χ1) is 22.2. The monoisotopic (exact) mass is 616 g/mol. The summed E-state index contributed by atoms with van der Waals surface area (Å²) < 4.78 is 0. The van der Waals surface area contributed by atoms with E-state index < -0.39 is 0 Å². The van der Waals surface area contributed by atoms with Crippen molar-refractivity contribution < 1.29 is 0 Å². The summed E-state index contributed by atoms with van der Waals surface area (Å²) in [5, 5.41) is 14.3. The first-order valence-corrected chi connectivity index (χ1v) is 16.5. The molecule has 3 aromatic rings. The van der Waals surface area contributed by atoms with Crippen LogP contribution in [0.3, 0.4) is 0 Å². The van der Waals surface area contributed by atoms with Gasteiger partial charge in [-0.05, 0) is 87.1 Å². The smallest absolute Gasteiger partial charge is 0.101 e. The molecule has 1 heterocycles. The third kappa shape index (κ3) is 13.1. The Morgan fingerprint density at radius 3 is 2.17 bits per heavy atom. The Morgan fingerprint density at radius 2 is 1.63 bits per heavy atom. The summed E-state index contributed by atoms with van der Waals surface area (Å²) in [4.78, 5) is 5.58. The van der Waals surface area contributed by atoms with Crippen molar-refractivity contribution >= 4 is 22.7 Å². The standard InChI is InChI=1S/C25H23N3.C14H25N.C3H8/c1-4-20(12-11-19-9-7-6-8-10-19)25(21(5-2)17-26)28-23-13-14-24-22(18(23)3)15-16-27-24;1-6-9-13(4)12-14(5)15(10-7-2)11-8-3;1-3-2/h4-16,27-28H,1H2,2-3H3;6,9,12H,5,7-8,10-11H2,1-4H3;3H2,1-2H3/b12-11+,21-5-,25-20-;9-6-,13-12-;. The fraction of sp³-hybridized carbons (Fsp3) is 0.310. The number of aryl methyl sites for hydroxylation is 1. The van der Waals surface area contributed by atoms with Gasteiger partial charge in [-0.1, -0.05) is 114 Å². The predicted octanol–water partition coefficient (Wildman–Crippen LogP) is 12.1. The van der Waals surface area contributed by atoms with E-state index in [4.69, 9.17) is 0 Å². The number of hydrogen-bond acceptors (Lipinski definition) is 3. The number of nitrogens with zero attached hydrogens (tertiary/aromatic N) is 2. The molecule has 0 saturated heterocycles. The number of nitriles is 1. The van der Waals surface area contributed by atoms with Crippen molar-refractivity contribution in [3.05, 3.63) is 144 Å². The Bertz CT molecular complexity index is 1550. The van der Waals surface area contributed by atoms with Gasteiger partial charge in [0, 0.05) is 41.6 Å². The lowest BCUT2D eigenvalue weighted by Gasteiger charge is -2.24. The van der Waals surface area contributed by atoms with Gasteiger partial charge in [-0.3, -0.25) is 0 Å². The van der Waals surface area contributed by atoms with Crippen LogP contribution in [-0.2, 0) is 0 Å². The van der Waals surface area contributed by atoms with Crippen LogP contribution in [0.5, 0.6) is 0 Å². The van der Waals surface area contributed by atoms with Crippen LogP contribution in [0.4, 0.5) is 5.69 Å². The van der Waals surface area contributed by atoms with Crippen molar-refractivity contribution in [3.63, 3.8) is 0 Å². The second-order valence-corrected chi connectivity index (χ2v) is 11.0. The van der Waals surface area contributed by atoms with Gasteiger partial charge in [0.1, 0.15) is 6.07 Å². The van der Waals surface area contributed by atoms with Crippen molar-refractivity contribution in [2.24, 2.45) is 0 Å². The fourth-order valence-corrected chi connectivity index (χ4v) is 4.72. The topological polar surface area (TPSA) is 54.8 Å². The maximum Gasteiger partial charge on any atom is 0.101 e. The molecule has 0 amide bonds. The van der Waals surface area contributed by atoms with Crippen LogP contribution in [0.2, 0.25) is 0 Å². The number of aromatic nitrogens is 1. The summed E-state index contributed by atoms with van der Waals surface area (Å²) in [5.74, 6) is 0. The molecule has 4 nitrogen and oxygen atoms in total. The summed E-state index contributed by atoms with van der Waals surface area (Å²) in [7, 11) is 0. The van der Waals surface area contributed by atoms with Gasteiger partial charge in [0.2, 0.25) is 0 Å². The first-order valence-electron chi connectivity index (χ1n) is 16.5. The molecule has 0 aliphatic rings. The SMILES string of the molecule is C=C(/C=C(C)\C=C/C)N(CCC)CCC.C=CC(/C=C/c1ccccc1)=C(Nc1ccc2[nH]ccc2c1C)\C(C#N)=C/C.CCC. The van der Waals surface area contributed by atoms with Crippen LogP contribution in [0, 0.1) is 18.3 Å². The lowest BCUT2D eigenvalue weighted by atomic mass is 10.0. The van der Waals surface area contributed by atoms with Crippen molar-refractivity contribution in [2.45, 2.75) is 74.7 Å². The highest BCUT2D eigenvalue weighted by atomic mass is 15.1. The maximum absolute atomic E-state index is 9.66. The normalized spacial score (nSPS) is 12.1. The Kier molecular flexibility index (Phi) is 19.4. The zero-order valence-corrected chi connectivity index (χ0v) is 29.6. The zero-order chi connectivity index (χ0) is 34.3. The van der Waals surface area contributed by atoms with Gasteiger partial charge < -0.3 is 15.2 Å². The molecule has 0 saturated carbocycles. The van der Waals surface area contributed by atoms with Crippen molar-refractivity contribution in [2.75, 3.05) is 18.4 Å². The van der Waals surface area contributed by atoms with E-state index in [2.05, 4.69) is 100 Å². The van der Waals surface area contributed by atoms with E-state index in [1.165, 1.54) is 24.8 Å². The second kappa shape index (κ2) is 22.7. The highest BCUT2D eigenvalue weighted by molar-refractivity contribution is 5.88. The quantitative estimate of drug-likeness (QED) is 0.148. The number of H-pyrrole nitrogens is 1. The predicted molar refractivity (Wildman–Crippen MR) is 205 cm³/mol. The molecule has 2 aromatic carbocycles. The van der Waals surface area contributed by atoms with Gasteiger partial charge in [-0.2, -0.15) is 5.26 Å². The molecule has 4 heteroatoms. The minimum absolute atomic E-state index is 0.571. The lowest BCUT2D eigenvalue weighted by Crippen LogP contribution is -2.23. The van der Waals surface area contributed by atoms with Crippen LogP contribution in [0.15, 0.2) is 132 Å². The summed E-state index contributed by atoms with van der Waals surface area (Å²) in [6, 6.07) is 18.5. The van der Waals surface area contributed by atoms with Crippen molar-refractivity contribution in [1.29, 1.82) is 5.26 Å². The molecule has 0 fully saturated rings. The first kappa shape index (κ1) is 39.3. The molecular formula is C42H56N4. The number of benzene rings is 2. The summed E-state index contributed by atoms with van der Waals surface area (Å²) in [6.07, 6.45) is 19.4. The molecule has 0 unspecified atom stereocenters. The minimum Gasteiger partial charge on any atom is -0.372 e. The lowest BCUT2D eigenvalue weighted by molar-refractivity contribution is 0.356. The van der Waals surface area contributed by atoms with Crippen LogP contribution in [0.1, 0.15) is 78.9 Å². The number of aromatic amines is 1. The Hall–Kier alpha value is -4.75. The van der Waals surface area contributed by atoms with Crippen LogP contribution >= 0.6 is 0 Å². The third-order valence-corrected chi connectivity index (χ3v) is 6.92. The number of fused-ring (bicyclic) bond motifs is 1. The van der Waals surface area contributed by atoms with E-state index in [1.54, 1.807) is 6.08 Å². The molecule has 0 aliphatic heterocycles. The van der Waals surface area contributed by atoms with E-state index in [0.717, 1.165) is 57.8 Å². The number of rotatable bonds is 13. The molecule has 1 aromatic heterocycles. The van der Waals surface area contributed by atoms with E-state index >= 15 is 0 Å². The van der Waals surface area contributed by atoms with E-state index in [-0.39, 0.29) is 0 Å². The highest BCUT2D eigenvalue weighted by Gasteiger charge is 2.12. The molecule has 46 heavy (non-hydrogen) atoms. The maximum atomic E-state index is 9.66. The number of anilines is 1. The number of hydrogen-bond donors (Lipinski definition) is 2. The molecule has 0 atom stereocenters. The van der Waals surface area contributed by atoms with Gasteiger partial charge in [0.15, 0.2) is 0 Å². The van der Waals surface area contributed by atoms with Crippen molar-refractivity contribution in [3.8, 4) is 6.07 Å². The minimum atomic E-state index is 0.571. The molecule has 0 spiro atoms. The largest absolute Gasteiger partial charge is 0.372 e. The number of allylic oxidation sites excluding steroid dienone is 9. The van der Waals surface area contributed by atoms with Gasteiger partial charge in [0.25, 0.3) is 0 Å². The number of nitrogens with one attached hydrogen (secondary N) is 2. The zero-order valence-electron chi connectivity index (χ0n) is 29.6. The highest BCUT2D eigenvalue weighted by Crippen LogP contribution is 2.28. The molecule has 0 aliphatic carbocycles. The van der Waals surface area contributed by atoms with Gasteiger partial charge in [-0.15, -0.1) is 0 Å². The molecule has 0 bridgehead atoms. The van der Waals surface area contributed by atoms with Gasteiger partial charge in [-0.25, -0.2) is 0 Å². The summed E-state index contributed by atoms with van der Waals surface area (Å²) >= 11 is 0. The van der Waals surface area contributed by atoms with E-state index in [9.17, 15) is 5.26 Å². The molecule has 2 N–H and O–H groups in total. The molecule has 3 rings (SSSR count). The Balaban J connectivity index is 0.000000498.